The summed E-state index contributed by atoms with van der Waals surface area (Å²) < 4.78 is 21.8. The van der Waals surface area contributed by atoms with Crippen LogP contribution in [-0.4, -0.2) is 51.4 Å². The number of phenolic OH excluding ortho intramolecular Hbond substituents is 1. The van der Waals surface area contributed by atoms with Gasteiger partial charge in [-0.25, -0.2) is 4.79 Å². The van der Waals surface area contributed by atoms with Gasteiger partial charge < -0.3 is 29.4 Å². The fraction of sp³-hybridized carbons (Fsp3) is 0.357. The highest BCUT2D eigenvalue weighted by Gasteiger charge is 2.42. The van der Waals surface area contributed by atoms with Crippen LogP contribution in [0.3, 0.4) is 0 Å². The lowest BCUT2D eigenvalue weighted by Crippen LogP contribution is -2.36. The van der Waals surface area contributed by atoms with E-state index >= 15 is 0 Å². The molecule has 37 heavy (non-hydrogen) atoms. The first-order chi connectivity index (χ1) is 17.8. The molecule has 2 aromatic rings. The lowest BCUT2D eigenvalue weighted by Gasteiger charge is -2.37. The topological polar surface area (TPSA) is 103 Å². The normalized spacial score (nSPS) is 19.3. The van der Waals surface area contributed by atoms with Gasteiger partial charge in [-0.05, 0) is 58.6 Å². The second-order valence-electron chi connectivity index (χ2n) is 8.94. The molecule has 0 amide bonds. The molecular weight excluding hydrogens is 542 g/mol. The Morgan fingerprint density at radius 3 is 2.51 bits per heavy atom. The molecule has 9 heteroatoms. The number of benzene rings is 2. The second kappa shape index (κ2) is 11.4. The summed E-state index contributed by atoms with van der Waals surface area (Å²) in [4.78, 5) is 27.1. The van der Waals surface area contributed by atoms with Crippen LogP contribution in [-0.2, 0) is 19.1 Å². The molecule has 196 valence electrons. The first-order valence-electron chi connectivity index (χ1n) is 11.9. The first kappa shape index (κ1) is 26.8. The van der Waals surface area contributed by atoms with E-state index in [9.17, 15) is 14.7 Å². The number of ether oxygens (including phenoxy) is 4. The van der Waals surface area contributed by atoms with Crippen molar-refractivity contribution in [1.29, 1.82) is 0 Å². The third-order valence-corrected chi connectivity index (χ3v) is 7.36. The number of nitrogens with one attached hydrogen (secondary N) is 1. The number of rotatable bonds is 8. The predicted molar refractivity (Wildman–Crippen MR) is 141 cm³/mol. The average molecular weight is 572 g/mol. The van der Waals surface area contributed by atoms with E-state index in [0.29, 0.717) is 33.3 Å². The molecule has 1 aliphatic carbocycles. The van der Waals surface area contributed by atoms with Crippen LogP contribution >= 0.6 is 15.9 Å². The van der Waals surface area contributed by atoms with Gasteiger partial charge in [0.05, 0.1) is 30.9 Å². The average Bonchev–Trinajstić information content (AvgIpc) is 2.89. The van der Waals surface area contributed by atoms with Crippen molar-refractivity contribution < 1.29 is 33.6 Å². The van der Waals surface area contributed by atoms with Gasteiger partial charge in [0, 0.05) is 42.3 Å². The minimum absolute atomic E-state index is 0.0643. The summed E-state index contributed by atoms with van der Waals surface area (Å²) in [5, 5.41) is 13.7. The molecule has 0 spiro atoms. The molecule has 2 aromatic carbocycles. The summed E-state index contributed by atoms with van der Waals surface area (Å²) in [6, 6.07) is 11.1. The summed E-state index contributed by atoms with van der Waals surface area (Å²) in [7, 11) is 4.59. The van der Waals surface area contributed by atoms with E-state index in [2.05, 4.69) is 21.2 Å². The second-order valence-corrected chi connectivity index (χ2v) is 9.80. The molecule has 1 aliphatic heterocycles. The molecular formula is C28H30BrNO7. The van der Waals surface area contributed by atoms with Gasteiger partial charge in [-0.1, -0.05) is 18.2 Å². The van der Waals surface area contributed by atoms with Crippen LogP contribution in [0.5, 0.6) is 17.2 Å². The Bertz CT molecular complexity index is 1280. The third kappa shape index (κ3) is 5.24. The first-order valence-corrected chi connectivity index (χ1v) is 12.7. The maximum Gasteiger partial charge on any atom is 0.336 e. The highest BCUT2D eigenvalue weighted by molar-refractivity contribution is 9.10. The molecule has 2 atom stereocenters. The van der Waals surface area contributed by atoms with E-state index < -0.39 is 11.9 Å². The van der Waals surface area contributed by atoms with Gasteiger partial charge in [0.15, 0.2) is 17.3 Å². The van der Waals surface area contributed by atoms with Crippen molar-refractivity contribution in [3.63, 3.8) is 0 Å². The Hall–Kier alpha value is -3.30. The lowest BCUT2D eigenvalue weighted by atomic mass is 9.71. The number of phenols is 1. The van der Waals surface area contributed by atoms with E-state index in [1.54, 1.807) is 26.2 Å². The number of methoxy groups -OCH3 is 3. The van der Waals surface area contributed by atoms with Gasteiger partial charge in [-0.3, -0.25) is 4.79 Å². The van der Waals surface area contributed by atoms with Crippen molar-refractivity contribution in [1.82, 2.24) is 5.32 Å². The van der Waals surface area contributed by atoms with Gasteiger partial charge in [-0.2, -0.15) is 0 Å². The Balaban J connectivity index is 1.82. The van der Waals surface area contributed by atoms with E-state index in [0.717, 1.165) is 17.0 Å². The Labute approximate surface area is 224 Å². The van der Waals surface area contributed by atoms with Gasteiger partial charge in [-0.15, -0.1) is 0 Å². The van der Waals surface area contributed by atoms with E-state index in [4.69, 9.17) is 18.9 Å². The summed E-state index contributed by atoms with van der Waals surface area (Å²) >= 11 is 3.38. The number of dihydropyridines is 1. The fourth-order valence-electron chi connectivity index (χ4n) is 5.08. The van der Waals surface area contributed by atoms with Crippen molar-refractivity contribution in [2.24, 2.45) is 0 Å². The molecule has 0 unspecified atom stereocenters. The zero-order chi connectivity index (χ0) is 26.7. The van der Waals surface area contributed by atoms with Crippen LogP contribution in [0.4, 0.5) is 0 Å². The van der Waals surface area contributed by atoms with Crippen LogP contribution in [0.2, 0.25) is 0 Å². The molecule has 0 saturated carbocycles. The van der Waals surface area contributed by atoms with Gasteiger partial charge in [0.2, 0.25) is 0 Å². The van der Waals surface area contributed by atoms with Gasteiger partial charge in [0.25, 0.3) is 0 Å². The SMILES string of the molecule is COCCOC(=O)C1=C(C)NC2=C(C(=O)C[C@H](c3ccccc3OC)C2)[C@H]1c1cc(Br)c(O)c(OC)c1. The highest BCUT2D eigenvalue weighted by Crippen LogP contribution is 2.49. The minimum Gasteiger partial charge on any atom is -0.503 e. The number of hydrogen-bond donors (Lipinski definition) is 2. The number of para-hydroxylation sites is 1. The van der Waals surface area contributed by atoms with Crippen LogP contribution in [0.25, 0.3) is 0 Å². The minimum atomic E-state index is -0.705. The largest absolute Gasteiger partial charge is 0.503 e. The van der Waals surface area contributed by atoms with Crippen molar-refractivity contribution in [3.8, 4) is 17.2 Å². The molecule has 4 rings (SSSR count). The summed E-state index contributed by atoms with van der Waals surface area (Å²) in [6.07, 6.45) is 0.830. The van der Waals surface area contributed by atoms with Crippen LogP contribution in [0, 0.1) is 0 Å². The third-order valence-electron chi connectivity index (χ3n) is 6.75. The number of esters is 1. The van der Waals surface area contributed by atoms with E-state index in [1.165, 1.54) is 14.2 Å². The molecule has 0 bridgehead atoms. The Kier molecular flexibility index (Phi) is 8.24. The van der Waals surface area contributed by atoms with Gasteiger partial charge >= 0.3 is 5.97 Å². The number of Topliss-reactive ketones (excluding diaryl/α,β-unsaturated/α-hetero) is 1. The molecule has 2 aliphatic rings. The standard InChI is InChI=1S/C28H30BrNO7/c1-15-24(28(33)37-10-9-34-2)25(17-11-19(29)27(32)23(14-17)36-4)26-20(30-15)12-16(13-21(26)31)18-7-5-6-8-22(18)35-3/h5-8,11,14,16,25,30,32H,9-10,12-13H2,1-4H3/t16-,25+/m1/s1. The number of aromatic hydroxyl groups is 1. The number of carbonyl (C=O) groups excluding carboxylic acids is 2. The molecule has 0 radical (unpaired) electrons. The molecule has 1 heterocycles. The maximum absolute atomic E-state index is 13.8. The summed E-state index contributed by atoms with van der Waals surface area (Å²) in [6.45, 7) is 2.13. The monoisotopic (exact) mass is 571 g/mol. The predicted octanol–water partition coefficient (Wildman–Crippen LogP) is 4.72. The van der Waals surface area contributed by atoms with Gasteiger partial charge in [0.1, 0.15) is 12.4 Å². The molecule has 0 aromatic heterocycles. The molecule has 0 fully saturated rings. The highest BCUT2D eigenvalue weighted by atomic mass is 79.9. The van der Waals surface area contributed by atoms with Crippen molar-refractivity contribution >= 4 is 27.7 Å². The number of halogens is 1. The van der Waals surface area contributed by atoms with E-state index in [1.807, 2.05) is 24.3 Å². The fourth-order valence-corrected chi connectivity index (χ4v) is 5.54. The van der Waals surface area contributed by atoms with Crippen LogP contribution in [0.15, 0.2) is 63.4 Å². The molecule has 8 nitrogen and oxygen atoms in total. The lowest BCUT2D eigenvalue weighted by molar-refractivity contribution is -0.140. The zero-order valence-electron chi connectivity index (χ0n) is 21.2. The van der Waals surface area contributed by atoms with Crippen molar-refractivity contribution in [2.75, 3.05) is 34.5 Å². The van der Waals surface area contributed by atoms with Crippen LogP contribution < -0.4 is 14.8 Å². The molecule has 2 N–H and O–H groups in total. The van der Waals surface area contributed by atoms with Crippen molar-refractivity contribution in [2.45, 2.75) is 31.6 Å². The smallest absolute Gasteiger partial charge is 0.336 e. The van der Waals surface area contributed by atoms with Crippen molar-refractivity contribution in [3.05, 3.63) is 74.5 Å². The number of carbonyl (C=O) groups is 2. The summed E-state index contributed by atoms with van der Waals surface area (Å²) in [5.74, 6) is -0.508. The Morgan fingerprint density at radius 1 is 1.08 bits per heavy atom. The Morgan fingerprint density at radius 2 is 1.81 bits per heavy atom. The quantitative estimate of drug-likeness (QED) is 0.346. The zero-order valence-corrected chi connectivity index (χ0v) is 22.8. The maximum atomic E-state index is 13.8. The number of ketones is 1. The number of hydrogen-bond acceptors (Lipinski definition) is 8. The molecule has 0 saturated heterocycles. The van der Waals surface area contributed by atoms with Crippen LogP contribution in [0.1, 0.15) is 42.7 Å². The summed E-state index contributed by atoms with van der Waals surface area (Å²) in [5.41, 5.74) is 3.78. The number of allylic oxidation sites excluding steroid dienone is 3. The van der Waals surface area contributed by atoms with E-state index in [-0.39, 0.29) is 42.8 Å².